The largest absolute Gasteiger partial charge is 0.384 e. The fraction of sp³-hybridized carbons (Fsp3) is 0.188. The molecule has 0 unspecified atom stereocenters. The first kappa shape index (κ1) is 13.7. The van der Waals surface area contributed by atoms with Crippen LogP contribution >= 0.6 is 11.8 Å². The van der Waals surface area contributed by atoms with E-state index < -0.39 is 0 Å². The molecular weight excluding hydrogens is 252 g/mol. The number of nitrogens with one attached hydrogen (secondary N) is 1. The lowest BCUT2D eigenvalue weighted by Crippen LogP contribution is -2.10. The second-order valence-electron chi connectivity index (χ2n) is 4.65. The van der Waals surface area contributed by atoms with Gasteiger partial charge in [0.2, 0.25) is 0 Å². The lowest BCUT2D eigenvalue weighted by molar-refractivity contribution is 1.27. The summed E-state index contributed by atoms with van der Waals surface area (Å²) in [6, 6.07) is 14.4. The van der Waals surface area contributed by atoms with Crippen molar-refractivity contribution in [3.05, 3.63) is 64.7 Å². The van der Waals surface area contributed by atoms with E-state index in [0.29, 0.717) is 0 Å². The molecule has 0 aromatic heterocycles. The van der Waals surface area contributed by atoms with E-state index in [1.54, 1.807) is 0 Å². The van der Waals surface area contributed by atoms with Gasteiger partial charge in [-0.15, -0.1) is 11.8 Å². The topological polar surface area (TPSA) is 49.9 Å². The first-order valence-electron chi connectivity index (χ1n) is 6.19. The molecule has 0 amide bonds. The van der Waals surface area contributed by atoms with Crippen molar-refractivity contribution in [1.82, 2.24) is 0 Å². The summed E-state index contributed by atoms with van der Waals surface area (Å²) < 4.78 is 0. The van der Waals surface area contributed by atoms with Gasteiger partial charge in [-0.05, 0) is 42.7 Å². The van der Waals surface area contributed by atoms with Crippen LogP contribution in [0.15, 0.2) is 47.4 Å². The monoisotopic (exact) mass is 270 g/mol. The van der Waals surface area contributed by atoms with Gasteiger partial charge in [0.25, 0.3) is 0 Å². The standard InChI is InChI=1S/C16H18N2S/c1-11-3-8-15(9-12(11)2)19-10-13-4-6-14(7-5-13)16(17)18/h3-9H,10H2,1-2H3,(H3,17,18). The molecule has 0 aliphatic heterocycles. The van der Waals surface area contributed by atoms with Crippen molar-refractivity contribution in [1.29, 1.82) is 5.41 Å². The fourth-order valence-electron chi connectivity index (χ4n) is 1.75. The van der Waals surface area contributed by atoms with E-state index in [0.717, 1.165) is 11.3 Å². The molecule has 0 spiro atoms. The Labute approximate surface area is 118 Å². The summed E-state index contributed by atoms with van der Waals surface area (Å²) in [6.07, 6.45) is 0. The maximum Gasteiger partial charge on any atom is 0.122 e. The number of rotatable bonds is 4. The van der Waals surface area contributed by atoms with Crippen LogP contribution < -0.4 is 5.73 Å². The number of benzene rings is 2. The molecular formula is C16H18N2S. The minimum atomic E-state index is 0.119. The summed E-state index contributed by atoms with van der Waals surface area (Å²) >= 11 is 1.83. The van der Waals surface area contributed by atoms with Crippen LogP contribution in [0, 0.1) is 19.3 Å². The Hall–Kier alpha value is -1.74. The quantitative estimate of drug-likeness (QED) is 0.503. The highest BCUT2D eigenvalue weighted by Gasteiger charge is 2.00. The maximum absolute atomic E-state index is 7.36. The van der Waals surface area contributed by atoms with Crippen LogP contribution in [0.25, 0.3) is 0 Å². The number of aryl methyl sites for hydroxylation is 2. The van der Waals surface area contributed by atoms with Crippen LogP contribution in [0.4, 0.5) is 0 Å². The lowest BCUT2D eigenvalue weighted by atomic mass is 10.1. The molecule has 98 valence electrons. The number of hydrogen-bond acceptors (Lipinski definition) is 2. The lowest BCUT2D eigenvalue weighted by Gasteiger charge is -2.06. The Balaban J connectivity index is 2.01. The van der Waals surface area contributed by atoms with Gasteiger partial charge in [0.15, 0.2) is 0 Å². The van der Waals surface area contributed by atoms with Crippen LogP contribution in [0.5, 0.6) is 0 Å². The number of nitrogens with two attached hydrogens (primary N) is 1. The molecule has 0 atom stereocenters. The Kier molecular flexibility index (Phi) is 4.27. The van der Waals surface area contributed by atoms with Crippen molar-refractivity contribution in [2.75, 3.05) is 0 Å². The summed E-state index contributed by atoms with van der Waals surface area (Å²) in [6.45, 7) is 4.27. The zero-order valence-corrected chi connectivity index (χ0v) is 12.1. The first-order chi connectivity index (χ1) is 9.06. The Bertz CT molecular complexity index is 588. The molecule has 2 rings (SSSR count). The van der Waals surface area contributed by atoms with Gasteiger partial charge in [-0.25, -0.2) is 0 Å². The highest BCUT2D eigenvalue weighted by atomic mass is 32.2. The number of thioether (sulfide) groups is 1. The van der Waals surface area contributed by atoms with Crippen LogP contribution in [0.3, 0.4) is 0 Å². The van der Waals surface area contributed by atoms with Gasteiger partial charge in [-0.3, -0.25) is 5.41 Å². The SMILES string of the molecule is Cc1ccc(SCc2ccc(C(=N)N)cc2)cc1C. The van der Waals surface area contributed by atoms with Gasteiger partial charge in [0, 0.05) is 16.2 Å². The van der Waals surface area contributed by atoms with Crippen molar-refractivity contribution in [2.24, 2.45) is 5.73 Å². The predicted molar refractivity (Wildman–Crippen MR) is 82.9 cm³/mol. The summed E-state index contributed by atoms with van der Waals surface area (Å²) in [5.74, 6) is 1.05. The molecule has 0 aliphatic carbocycles. The van der Waals surface area contributed by atoms with E-state index in [9.17, 15) is 0 Å². The second-order valence-corrected chi connectivity index (χ2v) is 5.69. The van der Waals surface area contributed by atoms with Crippen molar-refractivity contribution < 1.29 is 0 Å². The molecule has 0 fully saturated rings. The first-order valence-corrected chi connectivity index (χ1v) is 7.18. The zero-order valence-electron chi connectivity index (χ0n) is 11.2. The zero-order chi connectivity index (χ0) is 13.8. The smallest absolute Gasteiger partial charge is 0.122 e. The molecule has 3 N–H and O–H groups in total. The fourth-order valence-corrected chi connectivity index (χ4v) is 2.70. The van der Waals surface area contributed by atoms with Gasteiger partial charge < -0.3 is 5.73 Å². The van der Waals surface area contributed by atoms with Crippen LogP contribution in [0.2, 0.25) is 0 Å². The second kappa shape index (κ2) is 5.93. The van der Waals surface area contributed by atoms with E-state index in [2.05, 4.69) is 32.0 Å². The van der Waals surface area contributed by atoms with E-state index in [1.807, 2.05) is 36.0 Å². The van der Waals surface area contributed by atoms with Crippen molar-refractivity contribution >= 4 is 17.6 Å². The van der Waals surface area contributed by atoms with E-state index in [1.165, 1.54) is 21.6 Å². The van der Waals surface area contributed by atoms with E-state index in [4.69, 9.17) is 11.1 Å². The summed E-state index contributed by atoms with van der Waals surface area (Å²) in [4.78, 5) is 1.29. The molecule has 0 bridgehead atoms. The molecule has 0 saturated carbocycles. The molecule has 2 aromatic carbocycles. The van der Waals surface area contributed by atoms with Gasteiger partial charge in [0.1, 0.15) is 5.84 Å². The van der Waals surface area contributed by atoms with Crippen molar-refractivity contribution in [3.63, 3.8) is 0 Å². The third kappa shape index (κ3) is 3.61. The highest BCUT2D eigenvalue weighted by Crippen LogP contribution is 2.24. The Morgan fingerprint density at radius 1 is 1.05 bits per heavy atom. The maximum atomic E-state index is 7.36. The van der Waals surface area contributed by atoms with Crippen LogP contribution in [0.1, 0.15) is 22.3 Å². The Morgan fingerprint density at radius 3 is 2.32 bits per heavy atom. The normalized spacial score (nSPS) is 10.4. The number of amidine groups is 1. The molecule has 2 aromatic rings. The average Bonchev–Trinajstić information content (AvgIpc) is 2.40. The third-order valence-corrected chi connectivity index (χ3v) is 4.21. The highest BCUT2D eigenvalue weighted by molar-refractivity contribution is 7.98. The van der Waals surface area contributed by atoms with Crippen molar-refractivity contribution in [3.8, 4) is 0 Å². The molecule has 3 heteroatoms. The van der Waals surface area contributed by atoms with E-state index in [-0.39, 0.29) is 5.84 Å². The Morgan fingerprint density at radius 2 is 1.74 bits per heavy atom. The molecule has 2 nitrogen and oxygen atoms in total. The third-order valence-electron chi connectivity index (χ3n) is 3.15. The molecule has 19 heavy (non-hydrogen) atoms. The van der Waals surface area contributed by atoms with Crippen molar-refractivity contribution in [2.45, 2.75) is 24.5 Å². The molecule has 0 saturated heterocycles. The van der Waals surface area contributed by atoms with Gasteiger partial charge >= 0.3 is 0 Å². The van der Waals surface area contributed by atoms with Crippen LogP contribution in [-0.2, 0) is 5.75 Å². The van der Waals surface area contributed by atoms with Gasteiger partial charge in [-0.1, -0.05) is 30.3 Å². The van der Waals surface area contributed by atoms with Gasteiger partial charge in [0.05, 0.1) is 0 Å². The van der Waals surface area contributed by atoms with E-state index >= 15 is 0 Å². The number of nitrogen functional groups attached to an aromatic ring is 1. The van der Waals surface area contributed by atoms with Crippen LogP contribution in [-0.4, -0.2) is 5.84 Å². The molecule has 0 heterocycles. The number of hydrogen-bond donors (Lipinski definition) is 2. The summed E-state index contributed by atoms with van der Waals surface area (Å²) in [7, 11) is 0. The average molecular weight is 270 g/mol. The van der Waals surface area contributed by atoms with Gasteiger partial charge in [-0.2, -0.15) is 0 Å². The molecule has 0 aliphatic rings. The predicted octanol–water partition coefficient (Wildman–Crippen LogP) is 3.88. The summed E-state index contributed by atoms with van der Waals surface area (Å²) in [5, 5.41) is 7.36. The molecule has 0 radical (unpaired) electrons. The summed E-state index contributed by atoms with van der Waals surface area (Å²) in [5.41, 5.74) is 10.1. The minimum absolute atomic E-state index is 0.119. The minimum Gasteiger partial charge on any atom is -0.384 e.